The number of piperidine rings is 2. The fourth-order valence-electron chi connectivity index (χ4n) is 2.14. The number of nitrogens with one attached hydrogen (secondary N) is 2. The quantitative estimate of drug-likeness (QED) is 0.455. The minimum Gasteiger partial charge on any atom is -0.317 e. The van der Waals surface area contributed by atoms with Gasteiger partial charge in [-0.1, -0.05) is 0 Å². The van der Waals surface area contributed by atoms with E-state index in [1.54, 1.807) is 0 Å². The largest absolute Gasteiger partial charge is 0.317 e. The average molecular weight is 142 g/mol. The van der Waals surface area contributed by atoms with E-state index in [1.807, 2.05) is 0 Å². The Morgan fingerprint density at radius 2 is 2.30 bits per heavy atom. The molecule has 1 saturated carbocycles. The van der Waals surface area contributed by atoms with Gasteiger partial charge in [-0.15, -0.1) is 0 Å². The Labute approximate surface area is 60.8 Å². The van der Waals surface area contributed by atoms with E-state index < -0.39 is 0 Å². The average Bonchev–Trinajstić information content (AvgIpc) is 2.06. The first-order valence-corrected chi connectivity index (χ1v) is 4.03. The van der Waals surface area contributed by atoms with Gasteiger partial charge in [0.2, 0.25) is 0 Å². The fourth-order valence-corrected chi connectivity index (χ4v) is 2.14. The van der Waals surface area contributed by atoms with Crippen LogP contribution in [-0.2, 0) is 0 Å². The number of hydrogen-bond acceptors (Lipinski definition) is 3. The predicted molar refractivity (Wildman–Crippen MR) is 37.8 cm³/mol. The molecule has 3 atom stereocenters. The third-order valence-electron chi connectivity index (χ3n) is 2.83. The van der Waals surface area contributed by atoms with Gasteiger partial charge in [-0.25, -0.2) is 5.48 Å². The van der Waals surface area contributed by atoms with Crippen LogP contribution in [0, 0.1) is 5.92 Å². The molecule has 10 heavy (non-hydrogen) atoms. The second-order valence-electron chi connectivity index (χ2n) is 3.41. The molecule has 3 heteroatoms. The molecular weight excluding hydrogens is 128 g/mol. The number of hydrogen-bond donors (Lipinski definition) is 3. The van der Waals surface area contributed by atoms with Crippen molar-refractivity contribution in [2.75, 3.05) is 6.54 Å². The summed E-state index contributed by atoms with van der Waals surface area (Å²) in [5.74, 6) is 0.662. The molecule has 0 aromatic carbocycles. The van der Waals surface area contributed by atoms with Gasteiger partial charge in [-0.05, 0) is 31.7 Å². The van der Waals surface area contributed by atoms with E-state index in [1.165, 1.54) is 12.8 Å². The first kappa shape index (κ1) is 6.58. The van der Waals surface area contributed by atoms with Crippen LogP contribution in [0.5, 0.6) is 0 Å². The van der Waals surface area contributed by atoms with Gasteiger partial charge in [0.05, 0.1) is 0 Å². The molecule has 58 valence electrons. The number of fused-ring (bicyclic) bond motifs is 3. The Morgan fingerprint density at radius 3 is 2.60 bits per heavy atom. The fraction of sp³-hybridized carbons (Fsp3) is 1.00. The van der Waals surface area contributed by atoms with Crippen molar-refractivity contribution in [3.63, 3.8) is 0 Å². The molecule has 0 aromatic rings. The molecule has 3 aliphatic rings. The molecule has 3 unspecified atom stereocenters. The van der Waals surface area contributed by atoms with E-state index >= 15 is 0 Å². The Kier molecular flexibility index (Phi) is 1.64. The summed E-state index contributed by atoms with van der Waals surface area (Å²) in [6.07, 6.45) is 3.67. The SMILES string of the molecule is ONC1CC2CCC1CN2. The third kappa shape index (κ3) is 0.944. The van der Waals surface area contributed by atoms with Crippen LogP contribution in [0.2, 0.25) is 0 Å². The van der Waals surface area contributed by atoms with E-state index in [-0.39, 0.29) is 0 Å². The maximum atomic E-state index is 8.74. The van der Waals surface area contributed by atoms with Crippen molar-refractivity contribution in [3.05, 3.63) is 0 Å². The Hall–Kier alpha value is -0.120. The molecule has 3 rings (SSSR count). The first-order chi connectivity index (χ1) is 4.90. The minimum absolute atomic E-state index is 0.361. The van der Waals surface area contributed by atoms with Crippen molar-refractivity contribution >= 4 is 0 Å². The van der Waals surface area contributed by atoms with Gasteiger partial charge in [-0.2, -0.15) is 0 Å². The van der Waals surface area contributed by atoms with Crippen LogP contribution < -0.4 is 10.8 Å². The van der Waals surface area contributed by atoms with Crippen molar-refractivity contribution in [2.45, 2.75) is 31.3 Å². The van der Waals surface area contributed by atoms with Gasteiger partial charge in [0, 0.05) is 12.1 Å². The van der Waals surface area contributed by atoms with Crippen LogP contribution in [0.4, 0.5) is 0 Å². The lowest BCUT2D eigenvalue weighted by Crippen LogP contribution is -2.55. The standard InChI is InChI=1S/C7H14N2O/c10-9-7-3-6-2-1-5(7)4-8-6/h5-10H,1-4H2. The van der Waals surface area contributed by atoms with Crippen molar-refractivity contribution in [2.24, 2.45) is 5.92 Å². The summed E-state index contributed by atoms with van der Waals surface area (Å²) in [6, 6.07) is 1.02. The van der Waals surface area contributed by atoms with E-state index in [9.17, 15) is 0 Å². The second-order valence-corrected chi connectivity index (χ2v) is 3.41. The third-order valence-corrected chi connectivity index (χ3v) is 2.83. The van der Waals surface area contributed by atoms with Crippen LogP contribution in [0.1, 0.15) is 19.3 Å². The molecule has 2 aliphatic heterocycles. The summed E-state index contributed by atoms with van der Waals surface area (Å²) in [4.78, 5) is 0. The summed E-state index contributed by atoms with van der Waals surface area (Å²) in [5, 5.41) is 12.2. The van der Waals surface area contributed by atoms with E-state index in [2.05, 4.69) is 10.8 Å². The van der Waals surface area contributed by atoms with Crippen molar-refractivity contribution in [1.29, 1.82) is 0 Å². The summed E-state index contributed by atoms with van der Waals surface area (Å²) in [5.41, 5.74) is 2.40. The first-order valence-electron chi connectivity index (χ1n) is 4.03. The zero-order chi connectivity index (χ0) is 6.97. The predicted octanol–water partition coefficient (Wildman–Crippen LogP) is 0.106. The number of rotatable bonds is 1. The molecule has 1 aliphatic carbocycles. The van der Waals surface area contributed by atoms with Crippen LogP contribution in [0.25, 0.3) is 0 Å². The van der Waals surface area contributed by atoms with Crippen LogP contribution >= 0.6 is 0 Å². The summed E-state index contributed by atoms with van der Waals surface area (Å²) in [6.45, 7) is 1.09. The Balaban J connectivity index is 2.01. The topological polar surface area (TPSA) is 44.3 Å². The van der Waals surface area contributed by atoms with Crippen molar-refractivity contribution in [3.8, 4) is 0 Å². The molecule has 2 saturated heterocycles. The van der Waals surface area contributed by atoms with E-state index in [4.69, 9.17) is 5.21 Å². The summed E-state index contributed by atoms with van der Waals surface area (Å²) in [7, 11) is 0. The van der Waals surface area contributed by atoms with Gasteiger partial charge >= 0.3 is 0 Å². The second kappa shape index (κ2) is 2.49. The van der Waals surface area contributed by atoms with Crippen molar-refractivity contribution in [1.82, 2.24) is 10.8 Å². The molecule has 2 bridgehead atoms. The highest BCUT2D eigenvalue weighted by molar-refractivity contribution is 4.93. The monoisotopic (exact) mass is 142 g/mol. The van der Waals surface area contributed by atoms with Crippen LogP contribution in [-0.4, -0.2) is 23.8 Å². The number of hydroxylamine groups is 1. The summed E-state index contributed by atoms with van der Waals surface area (Å²) >= 11 is 0. The normalized spacial score (nSPS) is 45.9. The van der Waals surface area contributed by atoms with E-state index in [0.29, 0.717) is 18.0 Å². The van der Waals surface area contributed by atoms with Crippen LogP contribution in [0.3, 0.4) is 0 Å². The molecular formula is C7H14N2O. The molecule has 0 spiro atoms. The maximum absolute atomic E-state index is 8.74. The zero-order valence-corrected chi connectivity index (χ0v) is 6.01. The van der Waals surface area contributed by atoms with Gasteiger partial charge in [0.1, 0.15) is 0 Å². The Morgan fingerprint density at radius 1 is 1.40 bits per heavy atom. The molecule has 0 amide bonds. The van der Waals surface area contributed by atoms with E-state index in [0.717, 1.165) is 13.0 Å². The summed E-state index contributed by atoms with van der Waals surface area (Å²) < 4.78 is 0. The lowest BCUT2D eigenvalue weighted by molar-refractivity contribution is 0.0431. The zero-order valence-electron chi connectivity index (χ0n) is 6.01. The lowest BCUT2D eigenvalue weighted by atomic mass is 9.78. The smallest absolute Gasteiger partial charge is 0.0374 e. The molecule has 2 heterocycles. The van der Waals surface area contributed by atoms with Gasteiger partial charge in [0.15, 0.2) is 0 Å². The van der Waals surface area contributed by atoms with Gasteiger partial charge in [-0.3, -0.25) is 0 Å². The highest BCUT2D eigenvalue weighted by atomic mass is 16.5. The molecule has 3 N–H and O–H groups in total. The van der Waals surface area contributed by atoms with Crippen molar-refractivity contribution < 1.29 is 5.21 Å². The molecule has 0 aromatic heterocycles. The maximum Gasteiger partial charge on any atom is 0.0374 e. The highest BCUT2D eigenvalue weighted by Crippen LogP contribution is 2.28. The molecule has 3 fully saturated rings. The Bertz CT molecular complexity index is 121. The molecule has 3 nitrogen and oxygen atoms in total. The van der Waals surface area contributed by atoms with Crippen LogP contribution in [0.15, 0.2) is 0 Å². The minimum atomic E-state index is 0.361. The highest BCUT2D eigenvalue weighted by Gasteiger charge is 2.34. The van der Waals surface area contributed by atoms with Gasteiger partial charge in [0.25, 0.3) is 0 Å². The lowest BCUT2D eigenvalue weighted by Gasteiger charge is -2.42. The van der Waals surface area contributed by atoms with Gasteiger partial charge < -0.3 is 10.5 Å². The molecule has 0 radical (unpaired) electrons.